The molecule has 3 aromatic carbocycles. The third kappa shape index (κ3) is 6.27. The molecule has 0 bridgehead atoms. The van der Waals surface area contributed by atoms with Gasteiger partial charge in [-0.3, -0.25) is 14.4 Å². The van der Waals surface area contributed by atoms with Gasteiger partial charge in [0.15, 0.2) is 15.1 Å². The summed E-state index contributed by atoms with van der Waals surface area (Å²) in [5.74, 6) is -2.16. The molecule has 1 fully saturated rings. The van der Waals surface area contributed by atoms with E-state index in [0.717, 1.165) is 29.7 Å². The van der Waals surface area contributed by atoms with E-state index in [1.165, 1.54) is 10.6 Å². The molecule has 12 heteroatoms. The molecule has 9 nitrogen and oxygen atoms in total. The molecule has 1 aliphatic carbocycles. The van der Waals surface area contributed by atoms with Crippen LogP contribution in [0.3, 0.4) is 0 Å². The van der Waals surface area contributed by atoms with Crippen molar-refractivity contribution < 1.29 is 22.4 Å². The largest absolute Gasteiger partial charge is 0.352 e. The van der Waals surface area contributed by atoms with Crippen LogP contribution in [-0.2, 0) is 32.9 Å². The third-order valence-electron chi connectivity index (χ3n) is 7.59. The molecule has 6 rings (SSSR count). The van der Waals surface area contributed by atoms with Crippen LogP contribution in [0.2, 0.25) is 0 Å². The fourth-order valence-corrected chi connectivity index (χ4v) is 8.11. The standard InChI is InChI=1S/C32H29FN4O5S2/c1-37-13-11-21-15-20(7-10-23(21)32(37)40)24-16-27-26(17-25(24)33)36-31(43-27)29(30(39)34-18-28(38)35-22-8-9-22)44(41,42)14-12-19-5-3-2-4-6-19/h2-7,10-11,13,15-17,22,29H,8-9,12,14,18H2,1H3,(H,34,39)(H,35,38). The molecular formula is C32H29FN4O5S2. The highest BCUT2D eigenvalue weighted by Gasteiger charge is 2.37. The highest BCUT2D eigenvalue weighted by Crippen LogP contribution is 2.36. The van der Waals surface area contributed by atoms with Crippen molar-refractivity contribution in [1.29, 1.82) is 0 Å². The number of hydrogen-bond acceptors (Lipinski definition) is 7. The van der Waals surface area contributed by atoms with Crippen molar-refractivity contribution >= 4 is 54.0 Å². The van der Waals surface area contributed by atoms with E-state index in [1.807, 2.05) is 6.07 Å². The van der Waals surface area contributed by atoms with Gasteiger partial charge in [0.25, 0.3) is 5.56 Å². The van der Waals surface area contributed by atoms with Gasteiger partial charge >= 0.3 is 0 Å². The molecule has 226 valence electrons. The van der Waals surface area contributed by atoms with Gasteiger partial charge in [-0.1, -0.05) is 36.4 Å². The van der Waals surface area contributed by atoms with Crippen LogP contribution in [-0.4, -0.2) is 48.1 Å². The smallest absolute Gasteiger partial charge is 0.258 e. The molecule has 2 aromatic heterocycles. The van der Waals surface area contributed by atoms with Gasteiger partial charge in [-0.05, 0) is 60.0 Å². The fraction of sp³-hybridized carbons (Fsp3) is 0.250. The number of thiazole rings is 1. The summed E-state index contributed by atoms with van der Waals surface area (Å²) in [7, 11) is -2.45. The van der Waals surface area contributed by atoms with E-state index >= 15 is 4.39 Å². The molecule has 44 heavy (non-hydrogen) atoms. The molecule has 1 saturated carbocycles. The van der Waals surface area contributed by atoms with Crippen LogP contribution in [0.25, 0.3) is 32.1 Å². The molecule has 1 atom stereocenters. The highest BCUT2D eigenvalue weighted by atomic mass is 32.2. The van der Waals surface area contributed by atoms with Crippen LogP contribution < -0.4 is 16.2 Å². The van der Waals surface area contributed by atoms with Crippen molar-refractivity contribution in [2.24, 2.45) is 7.05 Å². The number of carbonyl (C=O) groups is 2. The maximum Gasteiger partial charge on any atom is 0.258 e. The zero-order valence-corrected chi connectivity index (χ0v) is 25.4. The Morgan fingerprint density at radius 2 is 1.86 bits per heavy atom. The number of halogens is 1. The van der Waals surface area contributed by atoms with Crippen LogP contribution in [0.15, 0.2) is 77.7 Å². The van der Waals surface area contributed by atoms with Crippen molar-refractivity contribution in [2.45, 2.75) is 30.6 Å². The number of sulfone groups is 1. The maximum atomic E-state index is 15.4. The quantitative estimate of drug-likeness (QED) is 0.239. The van der Waals surface area contributed by atoms with E-state index < -0.39 is 32.7 Å². The van der Waals surface area contributed by atoms with E-state index in [-0.39, 0.29) is 46.4 Å². The third-order valence-corrected chi connectivity index (χ3v) is 10.8. The number of nitrogens with one attached hydrogen (secondary N) is 2. The molecule has 1 unspecified atom stereocenters. The summed E-state index contributed by atoms with van der Waals surface area (Å²) in [6.45, 7) is -0.366. The van der Waals surface area contributed by atoms with Crippen LogP contribution >= 0.6 is 11.3 Å². The maximum absolute atomic E-state index is 15.4. The number of rotatable bonds is 10. The van der Waals surface area contributed by atoms with Crippen LogP contribution in [0.1, 0.15) is 28.7 Å². The number of benzene rings is 3. The minimum atomic E-state index is -4.10. The lowest BCUT2D eigenvalue weighted by Crippen LogP contribution is -2.41. The number of nitrogens with zero attached hydrogens (tertiary/aromatic N) is 2. The highest BCUT2D eigenvalue weighted by molar-refractivity contribution is 7.92. The first kappa shape index (κ1) is 29.6. The first-order valence-electron chi connectivity index (χ1n) is 14.1. The Hall–Kier alpha value is -4.42. The monoisotopic (exact) mass is 632 g/mol. The predicted molar refractivity (Wildman–Crippen MR) is 169 cm³/mol. The fourth-order valence-electron chi connectivity index (χ4n) is 5.03. The summed E-state index contributed by atoms with van der Waals surface area (Å²) in [6.07, 6.45) is 3.57. The van der Waals surface area contributed by atoms with Crippen molar-refractivity contribution in [3.8, 4) is 11.1 Å². The van der Waals surface area contributed by atoms with E-state index in [9.17, 15) is 22.8 Å². The van der Waals surface area contributed by atoms with E-state index in [0.29, 0.717) is 21.0 Å². The van der Waals surface area contributed by atoms with Crippen LogP contribution in [0.5, 0.6) is 0 Å². The Balaban J connectivity index is 1.34. The summed E-state index contributed by atoms with van der Waals surface area (Å²) < 4.78 is 44.8. The number of pyridine rings is 1. The van der Waals surface area contributed by atoms with Gasteiger partial charge in [0.1, 0.15) is 10.8 Å². The van der Waals surface area contributed by atoms with Gasteiger partial charge in [-0.2, -0.15) is 0 Å². The van der Waals surface area contributed by atoms with Crippen LogP contribution in [0, 0.1) is 5.82 Å². The van der Waals surface area contributed by atoms with Crippen molar-refractivity contribution in [2.75, 3.05) is 12.3 Å². The topological polar surface area (TPSA) is 127 Å². The Morgan fingerprint density at radius 3 is 2.61 bits per heavy atom. The number of amides is 2. The first-order chi connectivity index (χ1) is 21.1. The molecule has 1 aliphatic rings. The molecular weight excluding hydrogens is 604 g/mol. The average molecular weight is 633 g/mol. The van der Waals surface area contributed by atoms with Crippen molar-refractivity contribution in [1.82, 2.24) is 20.2 Å². The normalized spacial score (nSPS) is 14.0. The number of aryl methyl sites for hydroxylation is 2. The van der Waals surface area contributed by atoms with E-state index in [1.54, 1.807) is 67.8 Å². The predicted octanol–water partition coefficient (Wildman–Crippen LogP) is 4.05. The van der Waals surface area contributed by atoms with E-state index in [2.05, 4.69) is 15.6 Å². The lowest BCUT2D eigenvalue weighted by atomic mass is 10.0. The van der Waals surface area contributed by atoms with Crippen molar-refractivity contribution in [3.63, 3.8) is 0 Å². The lowest BCUT2D eigenvalue weighted by molar-refractivity contribution is -0.126. The second-order valence-corrected chi connectivity index (χ2v) is 14.2. The number of aromatic nitrogens is 2. The summed E-state index contributed by atoms with van der Waals surface area (Å²) in [5.41, 5.74) is 1.62. The number of carbonyl (C=O) groups excluding carboxylic acids is 2. The van der Waals surface area contributed by atoms with Gasteiger partial charge < -0.3 is 15.2 Å². The molecule has 5 aromatic rings. The van der Waals surface area contributed by atoms with Gasteiger partial charge in [0, 0.05) is 36.3 Å². The Labute approximate surface area is 256 Å². The lowest BCUT2D eigenvalue weighted by Gasteiger charge is -2.16. The van der Waals surface area contributed by atoms with Gasteiger partial charge in [-0.15, -0.1) is 11.3 Å². The summed E-state index contributed by atoms with van der Waals surface area (Å²) in [5, 5.41) is 4.70. The first-order valence-corrected chi connectivity index (χ1v) is 16.6. The second kappa shape index (κ2) is 11.9. The molecule has 0 aliphatic heterocycles. The zero-order valence-electron chi connectivity index (χ0n) is 23.7. The molecule has 0 saturated heterocycles. The van der Waals surface area contributed by atoms with Gasteiger partial charge in [-0.25, -0.2) is 17.8 Å². The summed E-state index contributed by atoms with van der Waals surface area (Å²) >= 11 is 0.991. The minimum absolute atomic E-state index is 0.00767. The van der Waals surface area contributed by atoms with Gasteiger partial charge in [0.2, 0.25) is 11.8 Å². The average Bonchev–Trinajstić information content (AvgIpc) is 3.73. The Morgan fingerprint density at radius 1 is 1.09 bits per heavy atom. The number of fused-ring (bicyclic) bond motifs is 2. The number of hydrogen-bond donors (Lipinski definition) is 2. The molecule has 2 heterocycles. The summed E-state index contributed by atoms with van der Waals surface area (Å²) in [4.78, 5) is 42.5. The molecule has 2 N–H and O–H groups in total. The molecule has 0 spiro atoms. The summed E-state index contributed by atoms with van der Waals surface area (Å²) in [6, 6.07) is 18.7. The molecule has 2 amide bonds. The van der Waals surface area contributed by atoms with Gasteiger partial charge in [0.05, 0.1) is 22.5 Å². The zero-order chi connectivity index (χ0) is 31.0. The van der Waals surface area contributed by atoms with Crippen molar-refractivity contribution in [3.05, 3.63) is 99.7 Å². The SMILES string of the molecule is Cn1ccc2cc(-c3cc4sc(C(C(=O)NCC(=O)NC5CC5)S(=O)(=O)CCc5ccccc5)nc4cc3F)ccc2c1=O. The Kier molecular flexibility index (Phi) is 8.04. The molecule has 0 radical (unpaired) electrons. The van der Waals surface area contributed by atoms with Crippen LogP contribution in [0.4, 0.5) is 4.39 Å². The van der Waals surface area contributed by atoms with E-state index in [4.69, 9.17) is 0 Å². The second-order valence-electron chi connectivity index (χ2n) is 10.9. The Bertz CT molecular complexity index is 2070. The minimum Gasteiger partial charge on any atom is -0.352 e.